The second-order valence-corrected chi connectivity index (χ2v) is 5.56. The van der Waals surface area contributed by atoms with E-state index in [-0.39, 0.29) is 5.38 Å². The van der Waals surface area contributed by atoms with Gasteiger partial charge in [-0.3, -0.25) is 0 Å². The smallest absolute Gasteiger partial charge is 0.0860 e. The molecule has 0 nitrogen and oxygen atoms in total. The molecule has 0 aliphatic heterocycles. The van der Waals surface area contributed by atoms with Gasteiger partial charge in [0.15, 0.2) is 0 Å². The Labute approximate surface area is 114 Å². The number of hydrogen-bond acceptors (Lipinski definition) is 1. The standard InChI is InChI=1S/C12H9Cl3S/c1-7-5-16-6-10(7)12(15)9-3-2-8(13)4-11(9)14/h2-6,12H,1H3. The van der Waals surface area contributed by atoms with Gasteiger partial charge in [-0.25, -0.2) is 0 Å². The van der Waals surface area contributed by atoms with Crippen molar-refractivity contribution >= 4 is 46.1 Å². The number of halogens is 3. The summed E-state index contributed by atoms with van der Waals surface area (Å²) in [5, 5.41) is 5.15. The average molecular weight is 292 g/mol. The van der Waals surface area contributed by atoms with Crippen molar-refractivity contribution in [2.75, 3.05) is 0 Å². The molecule has 84 valence electrons. The molecule has 0 spiro atoms. The zero-order valence-electron chi connectivity index (χ0n) is 8.51. The van der Waals surface area contributed by atoms with Crippen LogP contribution in [0.3, 0.4) is 0 Å². The van der Waals surface area contributed by atoms with Gasteiger partial charge in [-0.1, -0.05) is 29.3 Å². The van der Waals surface area contributed by atoms with Gasteiger partial charge in [0.1, 0.15) is 0 Å². The lowest BCUT2D eigenvalue weighted by molar-refractivity contribution is 1.13. The van der Waals surface area contributed by atoms with Crippen molar-refractivity contribution in [1.29, 1.82) is 0 Å². The Hall–Kier alpha value is -0.210. The van der Waals surface area contributed by atoms with E-state index in [4.69, 9.17) is 34.8 Å². The van der Waals surface area contributed by atoms with Gasteiger partial charge in [-0.15, -0.1) is 11.6 Å². The second-order valence-electron chi connectivity index (χ2n) is 3.54. The quantitative estimate of drug-likeness (QED) is 0.623. The lowest BCUT2D eigenvalue weighted by Crippen LogP contribution is -1.94. The molecule has 0 saturated heterocycles. The van der Waals surface area contributed by atoms with Crippen LogP contribution in [0.5, 0.6) is 0 Å². The maximum atomic E-state index is 6.41. The van der Waals surface area contributed by atoms with Crippen LogP contribution < -0.4 is 0 Å². The fourth-order valence-electron chi connectivity index (χ4n) is 1.50. The van der Waals surface area contributed by atoms with E-state index in [1.54, 1.807) is 23.5 Å². The maximum Gasteiger partial charge on any atom is 0.0860 e. The molecule has 2 rings (SSSR count). The Balaban J connectivity index is 2.41. The van der Waals surface area contributed by atoms with E-state index in [0.29, 0.717) is 10.0 Å². The highest BCUT2D eigenvalue weighted by atomic mass is 35.5. The first-order chi connectivity index (χ1) is 7.59. The van der Waals surface area contributed by atoms with Crippen molar-refractivity contribution in [3.8, 4) is 0 Å². The maximum absolute atomic E-state index is 6.41. The van der Waals surface area contributed by atoms with Gasteiger partial charge in [0, 0.05) is 10.0 Å². The van der Waals surface area contributed by atoms with Crippen LogP contribution in [0.25, 0.3) is 0 Å². The second kappa shape index (κ2) is 4.97. The normalized spacial score (nSPS) is 12.8. The molecule has 1 atom stereocenters. The van der Waals surface area contributed by atoms with Crippen LogP contribution in [0.2, 0.25) is 10.0 Å². The lowest BCUT2D eigenvalue weighted by atomic mass is 10.0. The van der Waals surface area contributed by atoms with Crippen LogP contribution in [0.4, 0.5) is 0 Å². The topological polar surface area (TPSA) is 0 Å². The van der Waals surface area contributed by atoms with Crippen LogP contribution in [-0.4, -0.2) is 0 Å². The van der Waals surface area contributed by atoms with Crippen molar-refractivity contribution in [1.82, 2.24) is 0 Å². The Kier molecular flexibility index (Phi) is 3.81. The van der Waals surface area contributed by atoms with Crippen molar-refractivity contribution in [2.45, 2.75) is 12.3 Å². The number of benzene rings is 1. The van der Waals surface area contributed by atoms with E-state index in [0.717, 1.165) is 11.1 Å². The summed E-state index contributed by atoms with van der Waals surface area (Å²) in [7, 11) is 0. The third-order valence-corrected chi connectivity index (χ3v) is 4.32. The van der Waals surface area contributed by atoms with Gasteiger partial charge >= 0.3 is 0 Å². The first-order valence-electron chi connectivity index (χ1n) is 4.71. The third kappa shape index (κ3) is 2.38. The van der Waals surface area contributed by atoms with Crippen LogP contribution in [0.1, 0.15) is 22.1 Å². The summed E-state index contributed by atoms with van der Waals surface area (Å²) in [4.78, 5) is 0. The molecule has 0 amide bonds. The van der Waals surface area contributed by atoms with Crippen molar-refractivity contribution < 1.29 is 0 Å². The Bertz CT molecular complexity index is 505. The van der Waals surface area contributed by atoms with E-state index in [2.05, 4.69) is 10.8 Å². The minimum atomic E-state index is -0.212. The molecule has 2 aromatic rings. The van der Waals surface area contributed by atoms with Gasteiger partial charge in [0.2, 0.25) is 0 Å². The summed E-state index contributed by atoms with van der Waals surface area (Å²) in [6.45, 7) is 2.05. The number of rotatable bonds is 2. The molecule has 0 bridgehead atoms. The molecule has 4 heteroatoms. The fourth-order valence-corrected chi connectivity index (χ4v) is 3.45. The van der Waals surface area contributed by atoms with Gasteiger partial charge in [-0.2, -0.15) is 11.3 Å². The summed E-state index contributed by atoms with van der Waals surface area (Å²) >= 11 is 20.0. The van der Waals surface area contributed by atoms with Crippen molar-refractivity contribution in [2.24, 2.45) is 0 Å². The number of aryl methyl sites for hydroxylation is 1. The van der Waals surface area contributed by atoms with E-state index >= 15 is 0 Å². The molecule has 16 heavy (non-hydrogen) atoms. The molecule has 1 unspecified atom stereocenters. The molecule has 0 aliphatic carbocycles. The monoisotopic (exact) mass is 290 g/mol. The van der Waals surface area contributed by atoms with E-state index in [1.807, 2.05) is 13.0 Å². The first kappa shape index (κ1) is 12.3. The highest BCUT2D eigenvalue weighted by Crippen LogP contribution is 2.37. The minimum absolute atomic E-state index is 0.212. The highest BCUT2D eigenvalue weighted by Gasteiger charge is 2.16. The predicted octanol–water partition coefficient (Wildman–Crippen LogP) is 5.69. The van der Waals surface area contributed by atoms with E-state index in [9.17, 15) is 0 Å². The Morgan fingerprint density at radius 2 is 1.88 bits per heavy atom. The van der Waals surface area contributed by atoms with Gasteiger partial charge in [-0.05, 0) is 46.5 Å². The first-order valence-corrected chi connectivity index (χ1v) is 6.85. The fraction of sp³-hybridized carbons (Fsp3) is 0.167. The van der Waals surface area contributed by atoms with Crippen molar-refractivity contribution in [3.63, 3.8) is 0 Å². The Morgan fingerprint density at radius 3 is 2.44 bits per heavy atom. The summed E-state index contributed by atoms with van der Waals surface area (Å²) in [5.74, 6) is 0. The lowest BCUT2D eigenvalue weighted by Gasteiger charge is -2.11. The Morgan fingerprint density at radius 1 is 1.12 bits per heavy atom. The highest BCUT2D eigenvalue weighted by molar-refractivity contribution is 7.08. The summed E-state index contributed by atoms with van der Waals surface area (Å²) in [5.41, 5.74) is 3.20. The zero-order chi connectivity index (χ0) is 11.7. The molecular formula is C12H9Cl3S. The van der Waals surface area contributed by atoms with Crippen LogP contribution in [-0.2, 0) is 0 Å². The molecule has 0 radical (unpaired) electrons. The van der Waals surface area contributed by atoms with Crippen LogP contribution in [0.15, 0.2) is 29.0 Å². The average Bonchev–Trinajstić information content (AvgIpc) is 2.63. The number of thiophene rings is 1. The third-order valence-electron chi connectivity index (χ3n) is 2.40. The number of alkyl halides is 1. The SMILES string of the molecule is Cc1cscc1C(Cl)c1ccc(Cl)cc1Cl. The summed E-state index contributed by atoms with van der Waals surface area (Å²) in [6, 6.07) is 5.40. The largest absolute Gasteiger partial charge is 0.152 e. The summed E-state index contributed by atoms with van der Waals surface area (Å²) in [6.07, 6.45) is 0. The zero-order valence-corrected chi connectivity index (χ0v) is 11.6. The van der Waals surface area contributed by atoms with Crippen molar-refractivity contribution in [3.05, 3.63) is 55.7 Å². The molecule has 0 saturated carbocycles. The van der Waals surface area contributed by atoms with Gasteiger partial charge in [0.25, 0.3) is 0 Å². The molecule has 0 aliphatic rings. The van der Waals surface area contributed by atoms with E-state index in [1.165, 1.54) is 5.56 Å². The van der Waals surface area contributed by atoms with Gasteiger partial charge in [0.05, 0.1) is 5.38 Å². The molecule has 1 heterocycles. The summed E-state index contributed by atoms with van der Waals surface area (Å²) < 4.78 is 0. The number of hydrogen-bond donors (Lipinski definition) is 0. The molecular weight excluding hydrogens is 283 g/mol. The molecule has 1 aromatic heterocycles. The predicted molar refractivity (Wildman–Crippen MR) is 73.2 cm³/mol. The molecule has 1 aromatic carbocycles. The molecule has 0 fully saturated rings. The molecule has 0 N–H and O–H groups in total. The van der Waals surface area contributed by atoms with Crippen LogP contribution >= 0.6 is 46.1 Å². The minimum Gasteiger partial charge on any atom is -0.152 e. The van der Waals surface area contributed by atoms with E-state index < -0.39 is 0 Å². The van der Waals surface area contributed by atoms with Crippen LogP contribution in [0, 0.1) is 6.92 Å². The van der Waals surface area contributed by atoms with Gasteiger partial charge < -0.3 is 0 Å².